The second-order valence-electron chi connectivity index (χ2n) is 4.51. The van der Waals surface area contributed by atoms with Crippen LogP contribution in [0.4, 0.5) is 4.39 Å². The highest BCUT2D eigenvalue weighted by atomic mass is 19.1. The summed E-state index contributed by atoms with van der Waals surface area (Å²) in [5.41, 5.74) is 0.254. The van der Waals surface area contributed by atoms with Crippen molar-refractivity contribution in [2.75, 3.05) is 0 Å². The van der Waals surface area contributed by atoms with Gasteiger partial charge in [-0.1, -0.05) is 0 Å². The van der Waals surface area contributed by atoms with Crippen molar-refractivity contribution in [3.8, 4) is 5.75 Å². The molecule has 1 aromatic carbocycles. The quantitative estimate of drug-likeness (QED) is 0.851. The first kappa shape index (κ1) is 12.3. The Bertz CT molecular complexity index is 392. The van der Waals surface area contributed by atoms with E-state index >= 15 is 0 Å². The van der Waals surface area contributed by atoms with Crippen molar-refractivity contribution in [1.82, 2.24) is 0 Å². The van der Waals surface area contributed by atoms with E-state index in [1.807, 2.05) is 0 Å². The number of rotatable bonds is 3. The van der Waals surface area contributed by atoms with Crippen molar-refractivity contribution in [3.63, 3.8) is 0 Å². The molecule has 4 heteroatoms. The Balaban J connectivity index is 2.09. The molecular weight excluding hydrogens is 223 g/mol. The molecule has 17 heavy (non-hydrogen) atoms. The number of aliphatic hydroxyl groups is 2. The zero-order valence-corrected chi connectivity index (χ0v) is 9.77. The average molecular weight is 240 g/mol. The summed E-state index contributed by atoms with van der Waals surface area (Å²) in [6.45, 7) is 1.51. The molecule has 2 rings (SSSR count). The molecule has 2 N–H and O–H groups in total. The lowest BCUT2D eigenvalue weighted by atomic mass is 10.1. The molecule has 1 fully saturated rings. The minimum atomic E-state index is -0.832. The maximum atomic E-state index is 13.6. The number of ether oxygens (including phenoxy) is 1. The van der Waals surface area contributed by atoms with E-state index in [4.69, 9.17) is 4.74 Å². The van der Waals surface area contributed by atoms with Gasteiger partial charge in [-0.25, -0.2) is 4.39 Å². The smallest absolute Gasteiger partial charge is 0.132 e. The second-order valence-corrected chi connectivity index (χ2v) is 4.51. The highest BCUT2D eigenvalue weighted by Gasteiger charge is 2.27. The van der Waals surface area contributed by atoms with Crippen LogP contribution in [0.15, 0.2) is 18.2 Å². The third-order valence-electron chi connectivity index (χ3n) is 3.13. The van der Waals surface area contributed by atoms with E-state index in [0.717, 1.165) is 19.3 Å². The predicted octanol–water partition coefficient (Wildman–Crippen LogP) is 2.17. The van der Waals surface area contributed by atoms with Gasteiger partial charge in [0.15, 0.2) is 0 Å². The summed E-state index contributed by atoms with van der Waals surface area (Å²) in [6.07, 6.45) is 0.919. The summed E-state index contributed by atoms with van der Waals surface area (Å²) in [7, 11) is 0. The van der Waals surface area contributed by atoms with Crippen LogP contribution in [0.25, 0.3) is 0 Å². The summed E-state index contributed by atoms with van der Waals surface area (Å²) in [6, 6.07) is 4.39. The SMILES string of the molecule is C[C@H](O)c1ccc(OC2CCCC2O)cc1F. The first-order valence-electron chi connectivity index (χ1n) is 5.90. The highest BCUT2D eigenvalue weighted by Crippen LogP contribution is 2.27. The number of hydrogen-bond acceptors (Lipinski definition) is 3. The molecule has 3 atom stereocenters. The molecule has 1 aromatic rings. The standard InChI is InChI=1S/C13H17FO3/c1-8(15)10-6-5-9(7-11(10)14)17-13-4-2-3-12(13)16/h5-8,12-13,15-16H,2-4H2,1H3/t8-,12?,13?/m0/s1. The fourth-order valence-corrected chi connectivity index (χ4v) is 2.14. The van der Waals surface area contributed by atoms with Gasteiger partial charge in [0.2, 0.25) is 0 Å². The summed E-state index contributed by atoms with van der Waals surface area (Å²) in [5.74, 6) is -0.0807. The van der Waals surface area contributed by atoms with Crippen LogP contribution < -0.4 is 4.74 Å². The minimum Gasteiger partial charge on any atom is -0.488 e. The van der Waals surface area contributed by atoms with Crippen molar-refractivity contribution in [2.45, 2.75) is 44.5 Å². The molecule has 3 nitrogen and oxygen atoms in total. The van der Waals surface area contributed by atoms with Gasteiger partial charge in [0.05, 0.1) is 12.2 Å². The number of hydrogen-bond donors (Lipinski definition) is 2. The Morgan fingerprint density at radius 3 is 2.71 bits per heavy atom. The minimum absolute atomic E-state index is 0.244. The number of benzene rings is 1. The van der Waals surface area contributed by atoms with Crippen molar-refractivity contribution < 1.29 is 19.3 Å². The van der Waals surface area contributed by atoms with Gasteiger partial charge < -0.3 is 14.9 Å². The maximum absolute atomic E-state index is 13.6. The predicted molar refractivity (Wildman–Crippen MR) is 61.3 cm³/mol. The zero-order chi connectivity index (χ0) is 12.4. The van der Waals surface area contributed by atoms with Crippen LogP contribution >= 0.6 is 0 Å². The van der Waals surface area contributed by atoms with Crippen LogP contribution in [0.1, 0.15) is 37.9 Å². The monoisotopic (exact) mass is 240 g/mol. The molecule has 2 unspecified atom stereocenters. The molecule has 0 aliphatic heterocycles. The van der Waals surface area contributed by atoms with Crippen LogP contribution in [0.5, 0.6) is 5.75 Å². The summed E-state index contributed by atoms with van der Waals surface area (Å²) >= 11 is 0. The van der Waals surface area contributed by atoms with E-state index in [1.165, 1.54) is 19.1 Å². The lowest BCUT2D eigenvalue weighted by Crippen LogP contribution is -2.25. The molecule has 0 aromatic heterocycles. The molecule has 0 heterocycles. The van der Waals surface area contributed by atoms with E-state index in [-0.39, 0.29) is 11.7 Å². The third-order valence-corrected chi connectivity index (χ3v) is 3.13. The first-order chi connectivity index (χ1) is 8.08. The van der Waals surface area contributed by atoms with E-state index in [2.05, 4.69) is 0 Å². The van der Waals surface area contributed by atoms with E-state index in [0.29, 0.717) is 5.75 Å². The Kier molecular flexibility index (Phi) is 3.64. The van der Waals surface area contributed by atoms with Gasteiger partial charge in [0.1, 0.15) is 17.7 Å². The Morgan fingerprint density at radius 1 is 1.41 bits per heavy atom. The highest BCUT2D eigenvalue weighted by molar-refractivity contribution is 5.30. The van der Waals surface area contributed by atoms with Crippen LogP contribution in [-0.4, -0.2) is 22.4 Å². The number of halogens is 1. The van der Waals surface area contributed by atoms with E-state index in [9.17, 15) is 14.6 Å². The van der Waals surface area contributed by atoms with Crippen molar-refractivity contribution in [2.24, 2.45) is 0 Å². The Morgan fingerprint density at radius 2 is 2.18 bits per heavy atom. The molecule has 0 radical (unpaired) electrons. The van der Waals surface area contributed by atoms with Gasteiger partial charge in [-0.2, -0.15) is 0 Å². The van der Waals surface area contributed by atoms with Crippen LogP contribution in [0.3, 0.4) is 0 Å². The normalized spacial score (nSPS) is 25.9. The van der Waals surface area contributed by atoms with Gasteiger partial charge in [0.25, 0.3) is 0 Å². The summed E-state index contributed by atoms with van der Waals surface area (Å²) in [4.78, 5) is 0. The van der Waals surface area contributed by atoms with Crippen molar-refractivity contribution >= 4 is 0 Å². The van der Waals surface area contributed by atoms with Gasteiger partial charge >= 0.3 is 0 Å². The first-order valence-corrected chi connectivity index (χ1v) is 5.90. The van der Waals surface area contributed by atoms with Gasteiger partial charge in [-0.15, -0.1) is 0 Å². The average Bonchev–Trinajstić information content (AvgIpc) is 2.64. The molecule has 1 saturated carbocycles. The summed E-state index contributed by atoms with van der Waals surface area (Å²) < 4.78 is 19.1. The molecule has 94 valence electrons. The lowest BCUT2D eigenvalue weighted by Gasteiger charge is -2.17. The van der Waals surface area contributed by atoms with Crippen molar-refractivity contribution in [3.05, 3.63) is 29.6 Å². The number of aliphatic hydroxyl groups excluding tert-OH is 2. The Hall–Kier alpha value is -1.13. The topological polar surface area (TPSA) is 49.7 Å². The second kappa shape index (κ2) is 5.02. The maximum Gasteiger partial charge on any atom is 0.132 e. The molecule has 0 bridgehead atoms. The molecule has 0 spiro atoms. The van der Waals surface area contributed by atoms with Crippen LogP contribution in [0.2, 0.25) is 0 Å². The zero-order valence-electron chi connectivity index (χ0n) is 9.77. The molecule has 0 saturated heterocycles. The van der Waals surface area contributed by atoms with Gasteiger partial charge in [0, 0.05) is 11.6 Å². The van der Waals surface area contributed by atoms with Gasteiger partial charge in [-0.3, -0.25) is 0 Å². The molecule has 0 amide bonds. The van der Waals surface area contributed by atoms with E-state index in [1.54, 1.807) is 6.07 Å². The molecule has 1 aliphatic rings. The largest absolute Gasteiger partial charge is 0.488 e. The lowest BCUT2D eigenvalue weighted by molar-refractivity contribution is 0.0601. The van der Waals surface area contributed by atoms with E-state index < -0.39 is 18.0 Å². The van der Waals surface area contributed by atoms with Gasteiger partial charge in [-0.05, 0) is 38.3 Å². The molecular formula is C13H17FO3. The fourth-order valence-electron chi connectivity index (χ4n) is 2.14. The molecule has 1 aliphatic carbocycles. The summed E-state index contributed by atoms with van der Waals surface area (Å²) in [5, 5.41) is 18.9. The van der Waals surface area contributed by atoms with Crippen LogP contribution in [0, 0.1) is 5.82 Å². The van der Waals surface area contributed by atoms with Crippen molar-refractivity contribution in [1.29, 1.82) is 0 Å². The third kappa shape index (κ3) is 2.76. The Labute approximate surface area is 99.8 Å². The fraction of sp³-hybridized carbons (Fsp3) is 0.538. The van der Waals surface area contributed by atoms with Crippen LogP contribution in [-0.2, 0) is 0 Å².